The molecule has 1 saturated heterocycles. The van der Waals surface area contributed by atoms with E-state index >= 15 is 0 Å². The summed E-state index contributed by atoms with van der Waals surface area (Å²) in [5, 5.41) is 5.66. The number of hydrogen-bond donors (Lipinski definition) is 2. The Morgan fingerprint density at radius 3 is 2.50 bits per heavy atom. The second-order valence-electron chi connectivity index (χ2n) is 7.68. The van der Waals surface area contributed by atoms with Crippen molar-refractivity contribution in [2.45, 2.75) is 44.6 Å². The van der Waals surface area contributed by atoms with Crippen molar-refractivity contribution >= 4 is 40.9 Å². The largest absolute Gasteiger partial charge is 0.351 e. The lowest BCUT2D eigenvalue weighted by atomic mass is 9.84. The first-order valence-corrected chi connectivity index (χ1v) is 10.1. The van der Waals surface area contributed by atoms with Gasteiger partial charge in [0.05, 0.1) is 17.5 Å². The summed E-state index contributed by atoms with van der Waals surface area (Å²) >= 11 is 12.8. The van der Waals surface area contributed by atoms with Crippen molar-refractivity contribution in [3.8, 4) is 0 Å². The zero-order chi connectivity index (χ0) is 22.1. The predicted molar refractivity (Wildman–Crippen MR) is 111 cm³/mol. The maximum atomic E-state index is 13.5. The number of carbonyl (C=O) groups excluding carboxylic acids is 3. The molecule has 1 unspecified atom stereocenters. The van der Waals surface area contributed by atoms with Crippen LogP contribution in [0.1, 0.15) is 49.3 Å². The van der Waals surface area contributed by atoms with Crippen molar-refractivity contribution in [1.29, 1.82) is 0 Å². The van der Waals surface area contributed by atoms with Gasteiger partial charge in [0.25, 0.3) is 0 Å². The van der Waals surface area contributed by atoms with Crippen LogP contribution >= 0.6 is 23.2 Å². The highest BCUT2D eigenvalue weighted by Gasteiger charge is 2.32. The highest BCUT2D eigenvalue weighted by Crippen LogP contribution is 2.37. The minimum Gasteiger partial charge on any atom is -0.351 e. The molecule has 3 amide bonds. The number of amides is 3. The first kappa shape index (κ1) is 22.2. The highest BCUT2D eigenvalue weighted by molar-refractivity contribution is 6.36. The molecule has 1 atom stereocenters. The van der Waals surface area contributed by atoms with E-state index < -0.39 is 23.1 Å². The number of pyridine rings is 1. The van der Waals surface area contributed by atoms with E-state index in [4.69, 9.17) is 23.2 Å². The van der Waals surface area contributed by atoms with E-state index in [0.717, 1.165) is 6.20 Å². The fraction of sp³-hybridized carbons (Fsp3) is 0.333. The quantitative estimate of drug-likeness (QED) is 0.679. The van der Waals surface area contributed by atoms with Gasteiger partial charge in [0, 0.05) is 34.8 Å². The lowest BCUT2D eigenvalue weighted by Gasteiger charge is -2.25. The number of benzene rings is 1. The van der Waals surface area contributed by atoms with Gasteiger partial charge in [-0.1, -0.05) is 23.2 Å². The number of imide groups is 1. The number of halogens is 3. The van der Waals surface area contributed by atoms with Gasteiger partial charge >= 0.3 is 0 Å². The van der Waals surface area contributed by atoms with Crippen LogP contribution in [-0.4, -0.2) is 22.7 Å². The van der Waals surface area contributed by atoms with Gasteiger partial charge in [0.2, 0.25) is 17.7 Å². The standard InChI is InChI=1S/C21H20Cl2FN3O3/c1-21(2,12-7-13(24)10-25-9-12)20(30)26-8-11-5-15(22)18(16(23)6-11)14-3-4-17(28)27-19(14)29/h5-7,9-10,14H,3-4,8H2,1-2H3,(H,26,30)(H,27,28,29). The van der Waals surface area contributed by atoms with E-state index in [2.05, 4.69) is 15.6 Å². The third-order valence-corrected chi connectivity index (χ3v) is 5.80. The van der Waals surface area contributed by atoms with E-state index in [0.29, 0.717) is 23.1 Å². The Morgan fingerprint density at radius 1 is 1.23 bits per heavy atom. The van der Waals surface area contributed by atoms with Gasteiger partial charge in [-0.25, -0.2) is 4.39 Å². The monoisotopic (exact) mass is 451 g/mol. The molecule has 30 heavy (non-hydrogen) atoms. The Balaban J connectivity index is 1.74. The number of nitrogens with zero attached hydrogens (tertiary/aromatic N) is 1. The third-order valence-electron chi connectivity index (χ3n) is 5.17. The minimum atomic E-state index is -1.00. The summed E-state index contributed by atoms with van der Waals surface area (Å²) < 4.78 is 13.5. The molecule has 158 valence electrons. The summed E-state index contributed by atoms with van der Waals surface area (Å²) in [5.41, 5.74) is 0.548. The average Bonchev–Trinajstić information content (AvgIpc) is 2.67. The molecule has 0 bridgehead atoms. The second kappa shape index (κ2) is 8.70. The maximum Gasteiger partial charge on any atom is 0.234 e. The van der Waals surface area contributed by atoms with Gasteiger partial charge in [0.15, 0.2) is 0 Å². The van der Waals surface area contributed by atoms with Gasteiger partial charge < -0.3 is 5.32 Å². The Bertz CT molecular complexity index is 1000. The molecule has 1 aliphatic heterocycles. The van der Waals surface area contributed by atoms with Crippen LogP contribution in [-0.2, 0) is 26.3 Å². The Hall–Kier alpha value is -2.51. The van der Waals surface area contributed by atoms with Gasteiger partial charge in [-0.2, -0.15) is 0 Å². The predicted octanol–water partition coefficient (Wildman–Crippen LogP) is 3.64. The molecule has 0 aliphatic carbocycles. The molecule has 2 aromatic rings. The van der Waals surface area contributed by atoms with Crippen molar-refractivity contribution in [2.75, 3.05) is 0 Å². The van der Waals surface area contributed by atoms with E-state index in [1.54, 1.807) is 26.0 Å². The number of aromatic nitrogens is 1. The molecule has 0 radical (unpaired) electrons. The lowest BCUT2D eigenvalue weighted by molar-refractivity contribution is -0.134. The molecule has 1 fully saturated rings. The van der Waals surface area contributed by atoms with Crippen LogP contribution in [0.3, 0.4) is 0 Å². The minimum absolute atomic E-state index is 0.139. The van der Waals surface area contributed by atoms with Crippen molar-refractivity contribution < 1.29 is 18.8 Å². The molecule has 6 nitrogen and oxygen atoms in total. The van der Waals surface area contributed by atoms with Gasteiger partial charge in [-0.05, 0) is 49.6 Å². The van der Waals surface area contributed by atoms with Gasteiger partial charge in [-0.3, -0.25) is 24.7 Å². The summed E-state index contributed by atoms with van der Waals surface area (Å²) in [4.78, 5) is 40.0. The molecule has 3 rings (SSSR count). The van der Waals surface area contributed by atoms with Crippen molar-refractivity contribution in [3.63, 3.8) is 0 Å². The maximum absolute atomic E-state index is 13.5. The molecule has 0 spiro atoms. The molecular formula is C21H20Cl2FN3O3. The molecule has 2 N–H and O–H groups in total. The summed E-state index contributed by atoms with van der Waals surface area (Å²) in [7, 11) is 0. The molecule has 1 aromatic carbocycles. The van der Waals surface area contributed by atoms with Crippen LogP contribution in [0.5, 0.6) is 0 Å². The summed E-state index contributed by atoms with van der Waals surface area (Å²) in [5.74, 6) is -2.20. The molecule has 2 heterocycles. The molecule has 1 aliphatic rings. The number of nitrogens with one attached hydrogen (secondary N) is 2. The zero-order valence-corrected chi connectivity index (χ0v) is 17.9. The number of carbonyl (C=O) groups is 3. The van der Waals surface area contributed by atoms with Crippen LogP contribution in [0, 0.1) is 5.82 Å². The molecule has 9 heteroatoms. The summed E-state index contributed by atoms with van der Waals surface area (Å²) in [6.45, 7) is 3.48. The van der Waals surface area contributed by atoms with Crippen molar-refractivity contribution in [2.24, 2.45) is 0 Å². The van der Waals surface area contributed by atoms with Gasteiger partial charge in [-0.15, -0.1) is 0 Å². The highest BCUT2D eigenvalue weighted by atomic mass is 35.5. The topological polar surface area (TPSA) is 88.2 Å². The smallest absolute Gasteiger partial charge is 0.234 e. The average molecular weight is 452 g/mol. The third kappa shape index (κ3) is 4.63. The summed E-state index contributed by atoms with van der Waals surface area (Å²) in [6, 6.07) is 4.53. The Kier molecular flexibility index (Phi) is 6.43. The fourth-order valence-electron chi connectivity index (χ4n) is 3.33. The van der Waals surface area contributed by atoms with Crippen LogP contribution in [0.25, 0.3) is 0 Å². The molecular weight excluding hydrogens is 432 g/mol. The number of hydrogen-bond acceptors (Lipinski definition) is 4. The first-order chi connectivity index (χ1) is 14.1. The van der Waals surface area contributed by atoms with E-state index in [9.17, 15) is 18.8 Å². The Morgan fingerprint density at radius 2 is 1.90 bits per heavy atom. The van der Waals surface area contributed by atoms with E-state index in [-0.39, 0.29) is 34.8 Å². The van der Waals surface area contributed by atoms with E-state index in [1.807, 2.05) is 0 Å². The molecule has 1 aromatic heterocycles. The SMILES string of the molecule is CC(C)(C(=O)NCc1cc(Cl)c(C2CCC(=O)NC2=O)c(Cl)c1)c1cncc(F)c1. The van der Waals surface area contributed by atoms with Crippen LogP contribution in [0.15, 0.2) is 30.6 Å². The van der Waals surface area contributed by atoms with Crippen molar-refractivity contribution in [1.82, 2.24) is 15.6 Å². The van der Waals surface area contributed by atoms with Crippen LogP contribution < -0.4 is 10.6 Å². The normalized spacial score (nSPS) is 16.9. The Labute approximate surface area is 183 Å². The number of piperidine rings is 1. The second-order valence-corrected chi connectivity index (χ2v) is 8.49. The lowest BCUT2D eigenvalue weighted by Crippen LogP contribution is -2.40. The molecule has 0 saturated carbocycles. The summed E-state index contributed by atoms with van der Waals surface area (Å²) in [6.07, 6.45) is 3.07. The van der Waals surface area contributed by atoms with Crippen LogP contribution in [0.4, 0.5) is 4.39 Å². The van der Waals surface area contributed by atoms with Gasteiger partial charge in [0.1, 0.15) is 5.82 Å². The fourth-order valence-corrected chi connectivity index (χ4v) is 4.12. The van der Waals surface area contributed by atoms with E-state index in [1.165, 1.54) is 12.3 Å². The zero-order valence-electron chi connectivity index (χ0n) is 16.4. The van der Waals surface area contributed by atoms with Crippen LogP contribution in [0.2, 0.25) is 10.0 Å². The number of rotatable bonds is 5. The first-order valence-electron chi connectivity index (χ1n) is 9.30. The van der Waals surface area contributed by atoms with Crippen molar-refractivity contribution in [3.05, 3.63) is 63.1 Å².